The van der Waals surface area contributed by atoms with Gasteiger partial charge < -0.3 is 0 Å². The van der Waals surface area contributed by atoms with Crippen molar-refractivity contribution in [1.82, 2.24) is 0 Å². The largest absolute Gasteiger partial charge is 0.255 e. The first-order valence-corrected chi connectivity index (χ1v) is 12.7. The van der Waals surface area contributed by atoms with Gasteiger partial charge in [-0.25, -0.2) is 79.0 Å². The SMILES string of the molecule is Fc1cc2c(F)c(F)c(F)c(F)c2c(B(c2c(F)c(F)cc3c(F)c(F)c(F)c(F)c23)c2c(F)c(F)cc3c(F)c(F)c(F)c(F)c23)c1F. The Hall–Kier alpha value is -5.10. The molecule has 0 aliphatic heterocycles. The highest BCUT2D eigenvalue weighted by Gasteiger charge is 2.43. The van der Waals surface area contributed by atoms with Crippen LogP contribution < -0.4 is 16.4 Å². The molecule has 0 saturated carbocycles. The predicted octanol–water partition coefficient (Wildman–Crippen LogP) is 8.17. The van der Waals surface area contributed by atoms with Gasteiger partial charge in [0.25, 0.3) is 6.71 Å². The van der Waals surface area contributed by atoms with Crippen LogP contribution in [0.5, 0.6) is 0 Å². The highest BCUT2D eigenvalue weighted by molar-refractivity contribution is 6.99. The summed E-state index contributed by atoms with van der Waals surface area (Å²) in [6.45, 7) is -3.88. The summed E-state index contributed by atoms with van der Waals surface area (Å²) in [6.07, 6.45) is 0. The van der Waals surface area contributed by atoms with Crippen molar-refractivity contribution in [3.63, 3.8) is 0 Å². The number of rotatable bonds is 3. The van der Waals surface area contributed by atoms with Crippen molar-refractivity contribution >= 4 is 55.4 Å². The molecule has 0 radical (unpaired) electrons. The van der Waals surface area contributed by atoms with E-state index in [2.05, 4.69) is 0 Å². The van der Waals surface area contributed by atoms with Gasteiger partial charge in [-0.2, -0.15) is 0 Å². The first kappa shape index (κ1) is 33.8. The van der Waals surface area contributed by atoms with Gasteiger partial charge in [0.05, 0.1) is 0 Å². The highest BCUT2D eigenvalue weighted by Crippen LogP contribution is 2.34. The van der Waals surface area contributed by atoms with Crippen molar-refractivity contribution in [2.75, 3.05) is 0 Å². The first-order chi connectivity index (χ1) is 22.8. The van der Waals surface area contributed by atoms with E-state index in [1.54, 1.807) is 0 Å². The third-order valence-corrected chi connectivity index (χ3v) is 7.74. The van der Waals surface area contributed by atoms with Crippen LogP contribution in [0.15, 0.2) is 18.2 Å². The smallest absolute Gasteiger partial charge is 0.204 e. The molecule has 49 heavy (non-hydrogen) atoms. The molecular formula is C30H3BF18. The zero-order chi connectivity index (χ0) is 36.3. The van der Waals surface area contributed by atoms with E-state index in [1.807, 2.05) is 0 Å². The Labute approximate surface area is 257 Å². The molecule has 0 saturated heterocycles. The fraction of sp³-hybridized carbons (Fsp3) is 0. The van der Waals surface area contributed by atoms with Gasteiger partial charge in [0.2, 0.25) is 0 Å². The number of fused-ring (bicyclic) bond motifs is 3. The Morgan fingerprint density at radius 1 is 0.245 bits per heavy atom. The second-order valence-corrected chi connectivity index (χ2v) is 10.2. The van der Waals surface area contributed by atoms with Gasteiger partial charge in [-0.1, -0.05) is 0 Å². The lowest BCUT2D eigenvalue weighted by molar-refractivity contribution is 0.417. The Morgan fingerprint density at radius 3 is 0.673 bits per heavy atom. The highest BCUT2D eigenvalue weighted by atomic mass is 19.2. The molecule has 6 aromatic carbocycles. The van der Waals surface area contributed by atoms with Crippen LogP contribution in [0.3, 0.4) is 0 Å². The maximum absolute atomic E-state index is 15.9. The lowest BCUT2D eigenvalue weighted by Crippen LogP contribution is -2.57. The lowest BCUT2D eigenvalue weighted by atomic mass is 9.34. The molecule has 0 N–H and O–H groups in total. The van der Waals surface area contributed by atoms with Crippen LogP contribution in [0.1, 0.15) is 0 Å². The van der Waals surface area contributed by atoms with E-state index < -0.39 is 178 Å². The molecule has 0 unspecified atom stereocenters. The average molecular weight is 716 g/mol. The minimum Gasteiger partial charge on any atom is -0.204 e. The molecule has 6 aromatic rings. The summed E-state index contributed by atoms with van der Waals surface area (Å²) in [6, 6.07) is -1.22. The molecule has 6 rings (SSSR count). The minimum atomic E-state index is -3.88. The van der Waals surface area contributed by atoms with Gasteiger partial charge >= 0.3 is 0 Å². The summed E-state index contributed by atoms with van der Waals surface area (Å²) >= 11 is 0. The second kappa shape index (κ2) is 11.2. The molecule has 0 amide bonds. The number of halogens is 18. The molecule has 0 spiro atoms. The fourth-order valence-electron chi connectivity index (χ4n) is 5.67. The molecular weight excluding hydrogens is 713 g/mol. The number of hydrogen-bond donors (Lipinski definition) is 0. The molecule has 0 nitrogen and oxygen atoms in total. The summed E-state index contributed by atoms with van der Waals surface area (Å²) in [4.78, 5) is 0. The quantitative estimate of drug-likeness (QED) is 0.0751. The molecule has 0 bridgehead atoms. The molecule has 0 atom stereocenters. The summed E-state index contributed by atoms with van der Waals surface area (Å²) < 4.78 is 270. The zero-order valence-corrected chi connectivity index (χ0v) is 22.6. The van der Waals surface area contributed by atoms with Gasteiger partial charge in [-0.05, 0) is 34.6 Å². The Bertz CT molecular complexity index is 2220. The van der Waals surface area contributed by atoms with Crippen LogP contribution >= 0.6 is 0 Å². The lowest BCUT2D eigenvalue weighted by Gasteiger charge is -2.24. The van der Waals surface area contributed by atoms with Gasteiger partial charge in [-0.15, -0.1) is 0 Å². The third kappa shape index (κ3) is 4.46. The van der Waals surface area contributed by atoms with E-state index in [1.165, 1.54) is 0 Å². The Balaban J connectivity index is 2.05. The third-order valence-electron chi connectivity index (χ3n) is 7.74. The standard InChI is InChI=1S/C30H3BF18/c32-7-1-4-10(22(41)28(47)25(44)16(4)35)13(19(7)38)31(14-11-5(2-8(33)20(14)39)17(36)26(45)29(48)23(11)42)15-12-6(3-9(34)21(15)40)18(37)27(46)30(49)24(12)43/h1-3H. The predicted molar refractivity (Wildman–Crippen MR) is 136 cm³/mol. The summed E-state index contributed by atoms with van der Waals surface area (Å²) in [5.41, 5.74) is -7.18. The molecule has 252 valence electrons. The normalized spacial score (nSPS) is 11.9. The minimum absolute atomic E-state index is 0.406. The summed E-state index contributed by atoms with van der Waals surface area (Å²) in [7, 11) is 0. The molecule has 0 aromatic heterocycles. The van der Waals surface area contributed by atoms with Crippen LogP contribution in [-0.4, -0.2) is 6.71 Å². The Kier molecular flexibility index (Phi) is 7.75. The van der Waals surface area contributed by atoms with Crippen molar-refractivity contribution in [3.8, 4) is 0 Å². The van der Waals surface area contributed by atoms with Crippen LogP contribution in [-0.2, 0) is 0 Å². The molecule has 0 aliphatic carbocycles. The average Bonchev–Trinajstić information content (AvgIpc) is 3.07. The van der Waals surface area contributed by atoms with Gasteiger partial charge in [0.15, 0.2) is 105 Å². The Morgan fingerprint density at radius 2 is 0.449 bits per heavy atom. The van der Waals surface area contributed by atoms with Gasteiger partial charge in [0, 0.05) is 32.3 Å². The number of hydrogen-bond acceptors (Lipinski definition) is 0. The van der Waals surface area contributed by atoms with Gasteiger partial charge in [0.1, 0.15) is 0 Å². The topological polar surface area (TPSA) is 0 Å². The summed E-state index contributed by atoms with van der Waals surface area (Å²) in [5.74, 6) is -49.1. The van der Waals surface area contributed by atoms with Crippen molar-refractivity contribution in [2.24, 2.45) is 0 Å². The monoisotopic (exact) mass is 716 g/mol. The second-order valence-electron chi connectivity index (χ2n) is 10.2. The van der Waals surface area contributed by atoms with E-state index >= 15 is 39.5 Å². The fourth-order valence-corrected chi connectivity index (χ4v) is 5.67. The van der Waals surface area contributed by atoms with Crippen LogP contribution in [0.25, 0.3) is 32.3 Å². The molecule has 0 aliphatic rings. The zero-order valence-electron chi connectivity index (χ0n) is 22.6. The van der Waals surface area contributed by atoms with Crippen LogP contribution in [0, 0.1) is 105 Å². The molecule has 19 heteroatoms. The maximum Gasteiger partial charge on any atom is 0.255 e. The molecule has 0 heterocycles. The van der Waals surface area contributed by atoms with E-state index in [0.717, 1.165) is 0 Å². The maximum atomic E-state index is 15.9. The van der Waals surface area contributed by atoms with E-state index in [-0.39, 0.29) is 0 Å². The van der Waals surface area contributed by atoms with Crippen molar-refractivity contribution in [2.45, 2.75) is 0 Å². The summed E-state index contributed by atoms with van der Waals surface area (Å²) in [5, 5.41) is -12.2. The van der Waals surface area contributed by atoms with Crippen LogP contribution in [0.4, 0.5) is 79.0 Å². The van der Waals surface area contributed by atoms with Crippen molar-refractivity contribution in [1.29, 1.82) is 0 Å². The van der Waals surface area contributed by atoms with Gasteiger partial charge in [-0.3, -0.25) is 0 Å². The van der Waals surface area contributed by atoms with E-state index in [4.69, 9.17) is 0 Å². The van der Waals surface area contributed by atoms with Crippen molar-refractivity contribution < 1.29 is 79.0 Å². The van der Waals surface area contributed by atoms with Crippen LogP contribution in [0.2, 0.25) is 0 Å². The van der Waals surface area contributed by atoms with E-state index in [0.29, 0.717) is 0 Å². The van der Waals surface area contributed by atoms with E-state index in [9.17, 15) is 39.5 Å². The first-order valence-electron chi connectivity index (χ1n) is 12.7. The molecule has 0 fully saturated rings. The number of benzene rings is 6. The van der Waals surface area contributed by atoms with Crippen molar-refractivity contribution in [3.05, 3.63) is 123 Å².